The highest BCUT2D eigenvalue weighted by molar-refractivity contribution is 9.10. The van der Waals surface area contributed by atoms with Crippen molar-refractivity contribution < 1.29 is 19.1 Å². The number of nitrogens with one attached hydrogen (secondary N) is 2. The number of hydrogen-bond acceptors (Lipinski definition) is 5. The van der Waals surface area contributed by atoms with Gasteiger partial charge in [0.05, 0.1) is 26.2 Å². The van der Waals surface area contributed by atoms with E-state index in [2.05, 4.69) is 31.5 Å². The van der Waals surface area contributed by atoms with Crippen LogP contribution in [0.3, 0.4) is 0 Å². The van der Waals surface area contributed by atoms with Gasteiger partial charge >= 0.3 is 0 Å². The third kappa shape index (κ3) is 7.80. The van der Waals surface area contributed by atoms with Crippen LogP contribution in [0.2, 0.25) is 0 Å². The zero-order chi connectivity index (χ0) is 21.9. The van der Waals surface area contributed by atoms with E-state index in [4.69, 9.17) is 9.47 Å². The zero-order valence-corrected chi connectivity index (χ0v) is 19.8. The summed E-state index contributed by atoms with van der Waals surface area (Å²) in [6, 6.07) is 3.87. The van der Waals surface area contributed by atoms with Gasteiger partial charge in [-0.15, -0.1) is 0 Å². The van der Waals surface area contributed by atoms with Crippen LogP contribution in [0.15, 0.2) is 16.6 Å². The van der Waals surface area contributed by atoms with Gasteiger partial charge in [0.15, 0.2) is 11.5 Å². The molecule has 2 N–H and O–H groups in total. The van der Waals surface area contributed by atoms with Gasteiger partial charge in [-0.1, -0.05) is 22.9 Å². The number of nitrogens with zero attached hydrogens (tertiary/aromatic N) is 1. The molecule has 1 fully saturated rings. The molecular formula is C22H34BrN3O4. The minimum Gasteiger partial charge on any atom is -0.490 e. The number of benzene rings is 1. The maximum Gasteiger partial charge on any atom is 0.234 e. The smallest absolute Gasteiger partial charge is 0.234 e. The number of amides is 2. The van der Waals surface area contributed by atoms with Crippen molar-refractivity contribution in [3.05, 3.63) is 22.2 Å². The zero-order valence-electron chi connectivity index (χ0n) is 18.3. The van der Waals surface area contributed by atoms with Crippen molar-refractivity contribution in [2.75, 3.05) is 39.4 Å². The summed E-state index contributed by atoms with van der Waals surface area (Å²) in [4.78, 5) is 26.6. The summed E-state index contributed by atoms with van der Waals surface area (Å²) in [6.45, 7) is 9.73. The molecule has 2 amide bonds. The molecule has 0 unspecified atom stereocenters. The van der Waals surface area contributed by atoms with Gasteiger partial charge in [-0.25, -0.2) is 0 Å². The summed E-state index contributed by atoms with van der Waals surface area (Å²) in [7, 11) is 0. The van der Waals surface area contributed by atoms with Crippen LogP contribution in [-0.4, -0.2) is 62.1 Å². The standard InChI is InChI=1S/C22H34BrN3O4/c1-4-9-24-22(28)15-26-10-7-17(8-11-26)25-21(27)13-16-12-19(29-5-2)20(30-6-3)14-18(16)23/h12,14,17H,4-11,13,15H2,1-3H3,(H,24,28)(H,25,27). The largest absolute Gasteiger partial charge is 0.490 e. The first kappa shape index (κ1) is 24.5. The van der Waals surface area contributed by atoms with E-state index in [1.54, 1.807) is 0 Å². The second kappa shape index (κ2) is 12.8. The second-order valence-corrected chi connectivity index (χ2v) is 8.26. The lowest BCUT2D eigenvalue weighted by Gasteiger charge is -2.31. The average molecular weight is 484 g/mol. The van der Waals surface area contributed by atoms with E-state index >= 15 is 0 Å². The van der Waals surface area contributed by atoms with E-state index in [1.165, 1.54) is 0 Å². The number of piperidine rings is 1. The van der Waals surface area contributed by atoms with Crippen molar-refractivity contribution in [2.24, 2.45) is 0 Å². The van der Waals surface area contributed by atoms with Gasteiger partial charge in [-0.05, 0) is 50.8 Å². The lowest BCUT2D eigenvalue weighted by molar-refractivity contribution is -0.124. The number of halogens is 1. The Balaban J connectivity index is 1.85. The molecule has 1 heterocycles. The fraction of sp³-hybridized carbons (Fsp3) is 0.636. The van der Waals surface area contributed by atoms with Crippen LogP contribution in [0.1, 0.15) is 45.6 Å². The molecule has 0 spiro atoms. The predicted octanol–water partition coefficient (Wildman–Crippen LogP) is 2.90. The van der Waals surface area contributed by atoms with Gasteiger partial charge in [0.25, 0.3) is 0 Å². The van der Waals surface area contributed by atoms with Crippen LogP contribution in [0.5, 0.6) is 11.5 Å². The van der Waals surface area contributed by atoms with E-state index in [1.807, 2.05) is 32.9 Å². The fourth-order valence-corrected chi connectivity index (χ4v) is 3.92. The topological polar surface area (TPSA) is 79.9 Å². The van der Waals surface area contributed by atoms with Gasteiger partial charge in [0.2, 0.25) is 11.8 Å². The number of rotatable bonds is 11. The number of hydrogen-bond donors (Lipinski definition) is 2. The summed E-state index contributed by atoms with van der Waals surface area (Å²) < 4.78 is 12.1. The first-order chi connectivity index (χ1) is 14.5. The fourth-order valence-electron chi connectivity index (χ4n) is 3.46. The van der Waals surface area contributed by atoms with Crippen molar-refractivity contribution in [1.82, 2.24) is 15.5 Å². The van der Waals surface area contributed by atoms with Crippen LogP contribution in [0.4, 0.5) is 0 Å². The van der Waals surface area contributed by atoms with Crippen molar-refractivity contribution in [2.45, 2.75) is 52.5 Å². The Bertz CT molecular complexity index is 706. The molecule has 2 rings (SSSR count). The maximum atomic E-state index is 12.6. The first-order valence-electron chi connectivity index (χ1n) is 10.8. The molecular weight excluding hydrogens is 450 g/mol. The monoisotopic (exact) mass is 483 g/mol. The van der Waals surface area contributed by atoms with Crippen LogP contribution in [-0.2, 0) is 16.0 Å². The van der Waals surface area contributed by atoms with Crippen molar-refractivity contribution in [1.29, 1.82) is 0 Å². The molecule has 1 aromatic rings. The Labute approximate surface area is 188 Å². The quantitative estimate of drug-likeness (QED) is 0.505. The molecule has 1 saturated heterocycles. The summed E-state index contributed by atoms with van der Waals surface area (Å²) in [5.74, 6) is 1.39. The molecule has 1 aliphatic heterocycles. The normalized spacial score (nSPS) is 14.9. The summed E-state index contributed by atoms with van der Waals surface area (Å²) in [5.41, 5.74) is 0.865. The van der Waals surface area contributed by atoms with E-state index in [9.17, 15) is 9.59 Å². The Morgan fingerprint density at radius 2 is 1.70 bits per heavy atom. The Morgan fingerprint density at radius 3 is 2.30 bits per heavy atom. The molecule has 0 saturated carbocycles. The van der Waals surface area contributed by atoms with Gasteiger partial charge < -0.3 is 20.1 Å². The SMILES string of the molecule is CCCNC(=O)CN1CCC(NC(=O)Cc2cc(OCC)c(OCC)cc2Br)CC1. The molecule has 168 valence electrons. The highest BCUT2D eigenvalue weighted by Gasteiger charge is 2.22. The van der Waals surface area contributed by atoms with E-state index in [0.717, 1.165) is 48.9 Å². The molecule has 1 aliphatic rings. The molecule has 7 nitrogen and oxygen atoms in total. The summed E-state index contributed by atoms with van der Waals surface area (Å²) >= 11 is 3.54. The Kier molecular flexibility index (Phi) is 10.4. The molecule has 0 bridgehead atoms. The van der Waals surface area contributed by atoms with E-state index in [0.29, 0.717) is 31.3 Å². The van der Waals surface area contributed by atoms with Crippen molar-refractivity contribution in [3.8, 4) is 11.5 Å². The molecule has 8 heteroatoms. The molecule has 0 atom stereocenters. The summed E-state index contributed by atoms with van der Waals surface area (Å²) in [6.07, 6.45) is 2.91. The maximum absolute atomic E-state index is 12.6. The number of carbonyl (C=O) groups is 2. The van der Waals surface area contributed by atoms with E-state index in [-0.39, 0.29) is 24.3 Å². The van der Waals surface area contributed by atoms with Crippen LogP contribution in [0.25, 0.3) is 0 Å². The third-order valence-electron chi connectivity index (χ3n) is 4.96. The van der Waals surface area contributed by atoms with Crippen LogP contribution >= 0.6 is 15.9 Å². The number of ether oxygens (including phenoxy) is 2. The predicted molar refractivity (Wildman–Crippen MR) is 121 cm³/mol. The lowest BCUT2D eigenvalue weighted by atomic mass is 10.0. The Morgan fingerprint density at radius 1 is 1.07 bits per heavy atom. The van der Waals surface area contributed by atoms with Crippen LogP contribution in [0, 0.1) is 0 Å². The van der Waals surface area contributed by atoms with Gasteiger partial charge in [-0.2, -0.15) is 0 Å². The second-order valence-electron chi connectivity index (χ2n) is 7.40. The third-order valence-corrected chi connectivity index (χ3v) is 5.69. The molecule has 0 aliphatic carbocycles. The number of carbonyl (C=O) groups excluding carboxylic acids is 2. The highest BCUT2D eigenvalue weighted by atomic mass is 79.9. The highest BCUT2D eigenvalue weighted by Crippen LogP contribution is 2.34. The first-order valence-corrected chi connectivity index (χ1v) is 11.6. The summed E-state index contributed by atoms with van der Waals surface area (Å²) in [5, 5.41) is 6.04. The van der Waals surface area contributed by atoms with Gasteiger partial charge in [-0.3, -0.25) is 14.5 Å². The average Bonchev–Trinajstić information content (AvgIpc) is 2.71. The minimum absolute atomic E-state index is 0.0125. The molecule has 30 heavy (non-hydrogen) atoms. The van der Waals surface area contributed by atoms with Gasteiger partial charge in [0.1, 0.15) is 0 Å². The molecule has 0 aromatic heterocycles. The van der Waals surface area contributed by atoms with E-state index < -0.39 is 0 Å². The Hall–Kier alpha value is -1.80. The lowest BCUT2D eigenvalue weighted by Crippen LogP contribution is -2.47. The van der Waals surface area contributed by atoms with Crippen molar-refractivity contribution >= 4 is 27.7 Å². The van der Waals surface area contributed by atoms with Gasteiger partial charge in [0, 0.05) is 30.1 Å². The van der Waals surface area contributed by atoms with Crippen molar-refractivity contribution in [3.63, 3.8) is 0 Å². The molecule has 0 radical (unpaired) electrons. The van der Waals surface area contributed by atoms with Crippen LogP contribution < -0.4 is 20.1 Å². The minimum atomic E-state index is -0.0125. The molecule has 1 aromatic carbocycles. The number of likely N-dealkylation sites (tertiary alicyclic amines) is 1.